The zero-order valence-corrected chi connectivity index (χ0v) is 16.6. The van der Waals surface area contributed by atoms with E-state index in [2.05, 4.69) is 55.4 Å². The van der Waals surface area contributed by atoms with Gasteiger partial charge in [-0.05, 0) is 17.7 Å². The van der Waals surface area contributed by atoms with Gasteiger partial charge >= 0.3 is 0 Å². The van der Waals surface area contributed by atoms with Crippen molar-refractivity contribution >= 4 is 23.0 Å². The van der Waals surface area contributed by atoms with E-state index in [0.717, 1.165) is 50.0 Å². The standard InChI is InChI=1S/C22H26N6O/c1-29-19-10-6-5-9-18(19)26-21-20(23)22(25-16-24-21)28-13-11-27(12-14-28)15-17-7-3-2-4-8-17/h2-10,16H,11-15,23H2,1H3,(H,24,25,26). The number of methoxy groups -OCH3 is 1. The van der Waals surface area contributed by atoms with E-state index >= 15 is 0 Å². The minimum Gasteiger partial charge on any atom is -0.495 e. The molecule has 1 saturated heterocycles. The molecular formula is C22H26N6O. The number of piperazine rings is 1. The Bertz CT molecular complexity index is 941. The highest BCUT2D eigenvalue weighted by Gasteiger charge is 2.21. The van der Waals surface area contributed by atoms with E-state index in [1.807, 2.05) is 24.3 Å². The second-order valence-electron chi connectivity index (χ2n) is 7.03. The summed E-state index contributed by atoms with van der Waals surface area (Å²) >= 11 is 0. The van der Waals surface area contributed by atoms with Gasteiger partial charge in [0, 0.05) is 32.7 Å². The largest absolute Gasteiger partial charge is 0.495 e. The van der Waals surface area contributed by atoms with Gasteiger partial charge in [-0.15, -0.1) is 0 Å². The molecule has 2 heterocycles. The molecule has 0 atom stereocenters. The first-order valence-electron chi connectivity index (χ1n) is 9.76. The molecule has 0 aliphatic carbocycles. The van der Waals surface area contributed by atoms with Gasteiger partial charge in [-0.2, -0.15) is 0 Å². The van der Waals surface area contributed by atoms with Crippen LogP contribution in [0.5, 0.6) is 5.75 Å². The number of rotatable bonds is 6. The lowest BCUT2D eigenvalue weighted by molar-refractivity contribution is 0.249. The van der Waals surface area contributed by atoms with Crippen LogP contribution >= 0.6 is 0 Å². The van der Waals surface area contributed by atoms with E-state index in [4.69, 9.17) is 10.5 Å². The smallest absolute Gasteiger partial charge is 0.159 e. The summed E-state index contributed by atoms with van der Waals surface area (Å²) in [6, 6.07) is 18.3. The maximum Gasteiger partial charge on any atom is 0.159 e. The van der Waals surface area contributed by atoms with Gasteiger partial charge in [0.2, 0.25) is 0 Å². The fourth-order valence-corrected chi connectivity index (χ4v) is 3.57. The number of para-hydroxylation sites is 2. The number of nitrogens with one attached hydrogen (secondary N) is 1. The summed E-state index contributed by atoms with van der Waals surface area (Å²) in [6.07, 6.45) is 1.56. The molecule has 0 bridgehead atoms. The Morgan fingerprint density at radius 3 is 2.45 bits per heavy atom. The van der Waals surface area contributed by atoms with Crippen molar-refractivity contribution in [1.82, 2.24) is 14.9 Å². The van der Waals surface area contributed by atoms with Crippen molar-refractivity contribution < 1.29 is 4.74 Å². The van der Waals surface area contributed by atoms with Gasteiger partial charge in [-0.3, -0.25) is 4.90 Å². The number of nitrogen functional groups attached to an aromatic ring is 1. The lowest BCUT2D eigenvalue weighted by atomic mass is 10.2. The van der Waals surface area contributed by atoms with Gasteiger partial charge in [0.1, 0.15) is 17.8 Å². The second kappa shape index (κ2) is 8.79. The molecule has 150 valence electrons. The van der Waals surface area contributed by atoms with Gasteiger partial charge in [0.05, 0.1) is 12.8 Å². The Balaban J connectivity index is 1.44. The highest BCUT2D eigenvalue weighted by Crippen LogP contribution is 2.32. The van der Waals surface area contributed by atoms with E-state index in [-0.39, 0.29) is 0 Å². The molecule has 7 heteroatoms. The van der Waals surface area contributed by atoms with Crippen molar-refractivity contribution in [3.8, 4) is 5.75 Å². The number of nitrogens with two attached hydrogens (primary N) is 1. The van der Waals surface area contributed by atoms with Crippen LogP contribution in [-0.4, -0.2) is 48.2 Å². The molecule has 3 N–H and O–H groups in total. The average molecular weight is 390 g/mol. The SMILES string of the molecule is COc1ccccc1Nc1ncnc(N2CCN(Cc3ccccc3)CC2)c1N. The van der Waals surface area contributed by atoms with Crippen molar-refractivity contribution in [3.63, 3.8) is 0 Å². The summed E-state index contributed by atoms with van der Waals surface area (Å²) < 4.78 is 5.40. The Hall–Kier alpha value is -3.32. The predicted molar refractivity (Wildman–Crippen MR) is 117 cm³/mol. The van der Waals surface area contributed by atoms with Crippen LogP contribution in [0.1, 0.15) is 5.56 Å². The maximum absolute atomic E-state index is 6.43. The van der Waals surface area contributed by atoms with Gasteiger partial charge in [0.15, 0.2) is 11.6 Å². The van der Waals surface area contributed by atoms with Crippen LogP contribution < -0.4 is 20.7 Å². The number of hydrogen-bond acceptors (Lipinski definition) is 7. The molecular weight excluding hydrogens is 364 g/mol. The number of ether oxygens (including phenoxy) is 1. The molecule has 4 rings (SSSR count). The zero-order valence-electron chi connectivity index (χ0n) is 16.6. The summed E-state index contributed by atoms with van der Waals surface area (Å²) in [6.45, 7) is 4.65. The summed E-state index contributed by atoms with van der Waals surface area (Å²) in [5.74, 6) is 2.10. The number of aromatic nitrogens is 2. The fourth-order valence-electron chi connectivity index (χ4n) is 3.57. The van der Waals surface area contributed by atoms with Gasteiger partial charge in [-0.25, -0.2) is 9.97 Å². The highest BCUT2D eigenvalue weighted by atomic mass is 16.5. The summed E-state index contributed by atoms with van der Waals surface area (Å²) in [5, 5.41) is 3.27. The van der Waals surface area contributed by atoms with Crippen LogP contribution in [-0.2, 0) is 6.54 Å². The van der Waals surface area contributed by atoms with Crippen LogP contribution in [0.15, 0.2) is 60.9 Å². The minimum absolute atomic E-state index is 0.551. The summed E-state index contributed by atoms with van der Waals surface area (Å²) in [7, 11) is 1.64. The molecule has 0 amide bonds. The Labute approximate surface area is 171 Å². The van der Waals surface area contributed by atoms with Gasteiger partial charge < -0.3 is 20.7 Å². The maximum atomic E-state index is 6.43. The topological polar surface area (TPSA) is 79.5 Å². The molecule has 1 aliphatic rings. The van der Waals surface area contributed by atoms with Gasteiger partial charge in [0.25, 0.3) is 0 Å². The third kappa shape index (κ3) is 4.41. The number of benzene rings is 2. The third-order valence-corrected chi connectivity index (χ3v) is 5.14. The number of hydrogen-bond donors (Lipinski definition) is 2. The van der Waals surface area contributed by atoms with E-state index in [9.17, 15) is 0 Å². The van der Waals surface area contributed by atoms with Crippen molar-refractivity contribution in [2.24, 2.45) is 0 Å². The van der Waals surface area contributed by atoms with Crippen molar-refractivity contribution in [2.45, 2.75) is 6.54 Å². The molecule has 29 heavy (non-hydrogen) atoms. The van der Waals surface area contributed by atoms with E-state index in [0.29, 0.717) is 11.5 Å². The molecule has 1 aliphatic heterocycles. The molecule has 0 saturated carbocycles. The Kier molecular flexibility index (Phi) is 5.76. The summed E-state index contributed by atoms with van der Waals surface area (Å²) in [5.41, 5.74) is 9.14. The third-order valence-electron chi connectivity index (χ3n) is 5.14. The predicted octanol–water partition coefficient (Wildman–Crippen LogP) is 3.13. The molecule has 0 radical (unpaired) electrons. The normalized spacial score (nSPS) is 14.6. The van der Waals surface area contributed by atoms with Crippen molar-refractivity contribution in [1.29, 1.82) is 0 Å². The van der Waals surface area contributed by atoms with E-state index in [1.165, 1.54) is 5.56 Å². The monoisotopic (exact) mass is 390 g/mol. The summed E-state index contributed by atoms with van der Waals surface area (Å²) in [4.78, 5) is 13.5. The molecule has 0 spiro atoms. The van der Waals surface area contributed by atoms with Crippen LogP contribution in [0.2, 0.25) is 0 Å². The van der Waals surface area contributed by atoms with Crippen molar-refractivity contribution in [3.05, 3.63) is 66.5 Å². The van der Waals surface area contributed by atoms with Crippen LogP contribution in [0.4, 0.5) is 23.0 Å². The Morgan fingerprint density at radius 2 is 1.69 bits per heavy atom. The second-order valence-corrected chi connectivity index (χ2v) is 7.03. The quantitative estimate of drug-likeness (QED) is 0.669. The average Bonchev–Trinajstić information content (AvgIpc) is 2.77. The lowest BCUT2D eigenvalue weighted by Gasteiger charge is -2.36. The van der Waals surface area contributed by atoms with Gasteiger partial charge in [-0.1, -0.05) is 42.5 Å². The molecule has 1 aromatic heterocycles. The van der Waals surface area contributed by atoms with E-state index in [1.54, 1.807) is 13.4 Å². The van der Waals surface area contributed by atoms with E-state index < -0.39 is 0 Å². The van der Waals surface area contributed by atoms with Crippen LogP contribution in [0.25, 0.3) is 0 Å². The molecule has 0 unspecified atom stereocenters. The van der Waals surface area contributed by atoms with Crippen LogP contribution in [0, 0.1) is 0 Å². The lowest BCUT2D eigenvalue weighted by Crippen LogP contribution is -2.46. The number of nitrogens with zero attached hydrogens (tertiary/aromatic N) is 4. The first kappa shape index (κ1) is 19.0. The molecule has 3 aromatic rings. The molecule has 7 nitrogen and oxygen atoms in total. The Morgan fingerprint density at radius 1 is 0.966 bits per heavy atom. The van der Waals surface area contributed by atoms with Crippen molar-refractivity contribution in [2.75, 3.05) is 49.2 Å². The first-order chi connectivity index (χ1) is 14.2. The highest BCUT2D eigenvalue weighted by molar-refractivity contribution is 5.79. The van der Waals surface area contributed by atoms with Crippen LogP contribution in [0.3, 0.4) is 0 Å². The molecule has 2 aromatic carbocycles. The number of anilines is 4. The molecule has 1 fully saturated rings. The minimum atomic E-state index is 0.551. The fraction of sp³-hybridized carbons (Fsp3) is 0.273. The zero-order chi connectivity index (χ0) is 20.1. The first-order valence-corrected chi connectivity index (χ1v) is 9.76.